The molecule has 0 rings (SSSR count). The minimum atomic E-state index is -1.00. The summed E-state index contributed by atoms with van der Waals surface area (Å²) in [7, 11) is 0. The fourth-order valence-electron chi connectivity index (χ4n) is 1.81. The Morgan fingerprint density at radius 2 is 1.35 bits per heavy atom. The summed E-state index contributed by atoms with van der Waals surface area (Å²) >= 11 is 0. The van der Waals surface area contributed by atoms with Crippen molar-refractivity contribution in [3.63, 3.8) is 0 Å². The van der Waals surface area contributed by atoms with Gasteiger partial charge in [-0.2, -0.15) is 0 Å². The number of carbonyl (C=O) groups excluding carboxylic acids is 1. The summed E-state index contributed by atoms with van der Waals surface area (Å²) in [5, 5.41) is 0. The largest absolute Gasteiger partial charge is 0.464 e. The van der Waals surface area contributed by atoms with Crippen LogP contribution >= 0.6 is 0 Å². The van der Waals surface area contributed by atoms with E-state index in [4.69, 9.17) is 0 Å². The van der Waals surface area contributed by atoms with E-state index >= 15 is 0 Å². The number of carbonyl (C=O) groups is 1. The molecule has 102 valence electrons. The zero-order valence-electron chi connectivity index (χ0n) is 11.2. The first kappa shape index (κ1) is 16.4. The van der Waals surface area contributed by atoms with Crippen molar-refractivity contribution in [2.45, 2.75) is 71.1 Å². The molecular formula is C14H27FO2. The smallest absolute Gasteiger partial charge is 0.337 e. The Balaban J connectivity index is 2.96. The van der Waals surface area contributed by atoms with E-state index in [1.54, 1.807) is 0 Å². The molecule has 0 aliphatic carbocycles. The van der Waals surface area contributed by atoms with Crippen molar-refractivity contribution in [2.75, 3.05) is 13.3 Å². The monoisotopic (exact) mass is 246 g/mol. The van der Waals surface area contributed by atoms with Gasteiger partial charge in [0.15, 0.2) is 6.67 Å². The number of rotatable bonds is 12. The van der Waals surface area contributed by atoms with Crippen LogP contribution in [0.25, 0.3) is 0 Å². The van der Waals surface area contributed by atoms with E-state index in [1.807, 2.05) is 0 Å². The molecule has 0 amide bonds. The summed E-state index contributed by atoms with van der Waals surface area (Å²) in [6.07, 6.45) is 12.5. The summed E-state index contributed by atoms with van der Waals surface area (Å²) < 4.78 is 16.4. The van der Waals surface area contributed by atoms with Crippen molar-refractivity contribution in [2.24, 2.45) is 0 Å². The second-order valence-corrected chi connectivity index (χ2v) is 4.54. The van der Waals surface area contributed by atoms with E-state index in [1.165, 1.54) is 51.4 Å². The molecular weight excluding hydrogens is 219 g/mol. The van der Waals surface area contributed by atoms with Gasteiger partial charge in [-0.05, 0) is 6.42 Å². The molecule has 17 heavy (non-hydrogen) atoms. The van der Waals surface area contributed by atoms with E-state index in [0.29, 0.717) is 6.61 Å². The van der Waals surface area contributed by atoms with Crippen LogP contribution in [0.15, 0.2) is 0 Å². The molecule has 0 saturated carbocycles. The molecule has 0 radical (unpaired) electrons. The highest BCUT2D eigenvalue weighted by Crippen LogP contribution is 2.10. The highest BCUT2D eigenvalue weighted by atomic mass is 19.1. The van der Waals surface area contributed by atoms with Crippen LogP contribution in [-0.2, 0) is 9.53 Å². The molecule has 0 spiro atoms. The van der Waals surface area contributed by atoms with E-state index < -0.39 is 12.6 Å². The molecule has 2 nitrogen and oxygen atoms in total. The number of hydrogen-bond acceptors (Lipinski definition) is 2. The van der Waals surface area contributed by atoms with Crippen LogP contribution in [-0.4, -0.2) is 19.3 Å². The molecule has 0 unspecified atom stereocenters. The average molecular weight is 246 g/mol. The van der Waals surface area contributed by atoms with Gasteiger partial charge in [0, 0.05) is 0 Å². The molecule has 0 aliphatic rings. The van der Waals surface area contributed by atoms with Crippen LogP contribution in [0.3, 0.4) is 0 Å². The third kappa shape index (κ3) is 13.3. The van der Waals surface area contributed by atoms with E-state index in [9.17, 15) is 9.18 Å². The van der Waals surface area contributed by atoms with Gasteiger partial charge in [-0.15, -0.1) is 0 Å². The number of hydrogen-bond donors (Lipinski definition) is 0. The molecule has 0 saturated heterocycles. The van der Waals surface area contributed by atoms with Gasteiger partial charge in [-0.1, -0.05) is 64.7 Å². The topological polar surface area (TPSA) is 26.3 Å². The first-order chi connectivity index (χ1) is 8.31. The molecule has 0 fully saturated rings. The third-order valence-corrected chi connectivity index (χ3v) is 2.87. The van der Waals surface area contributed by atoms with Crippen molar-refractivity contribution < 1.29 is 13.9 Å². The number of esters is 1. The van der Waals surface area contributed by atoms with Gasteiger partial charge in [0.1, 0.15) is 0 Å². The standard InChI is InChI=1S/C14H27FO2/c1-2-3-4-5-6-7-8-9-10-11-12-17-14(16)13-15/h2-13H2,1H3. The molecule has 0 N–H and O–H groups in total. The summed E-state index contributed by atoms with van der Waals surface area (Å²) in [6.45, 7) is 1.60. The molecule has 0 aromatic carbocycles. The maximum absolute atomic E-state index is 11.7. The minimum absolute atomic E-state index is 0.374. The van der Waals surface area contributed by atoms with Gasteiger partial charge < -0.3 is 4.74 Å². The van der Waals surface area contributed by atoms with E-state index in [2.05, 4.69) is 11.7 Å². The second kappa shape index (κ2) is 13.5. The Morgan fingerprint density at radius 3 is 1.82 bits per heavy atom. The normalized spacial score (nSPS) is 10.5. The van der Waals surface area contributed by atoms with Crippen molar-refractivity contribution in [3.8, 4) is 0 Å². The molecule has 0 atom stereocenters. The Labute approximate surface area is 105 Å². The van der Waals surface area contributed by atoms with Crippen molar-refractivity contribution in [3.05, 3.63) is 0 Å². The second-order valence-electron chi connectivity index (χ2n) is 4.54. The third-order valence-electron chi connectivity index (χ3n) is 2.87. The fraction of sp³-hybridized carbons (Fsp3) is 0.929. The summed E-state index contributed by atoms with van der Waals surface area (Å²) in [5.41, 5.74) is 0. The van der Waals surface area contributed by atoms with Crippen LogP contribution < -0.4 is 0 Å². The van der Waals surface area contributed by atoms with Crippen LogP contribution in [0.2, 0.25) is 0 Å². The lowest BCUT2D eigenvalue weighted by molar-refractivity contribution is -0.144. The first-order valence-corrected chi connectivity index (χ1v) is 7.02. The SMILES string of the molecule is CCCCCCCCCCCCOC(=O)CF. The molecule has 3 heteroatoms. The van der Waals surface area contributed by atoms with Crippen LogP contribution in [0.1, 0.15) is 71.1 Å². The van der Waals surface area contributed by atoms with Crippen molar-refractivity contribution in [1.82, 2.24) is 0 Å². The first-order valence-electron chi connectivity index (χ1n) is 7.02. The fourth-order valence-corrected chi connectivity index (χ4v) is 1.81. The van der Waals surface area contributed by atoms with E-state index in [0.717, 1.165) is 12.8 Å². The predicted molar refractivity (Wildman–Crippen MR) is 68.8 cm³/mol. The lowest BCUT2D eigenvalue weighted by atomic mass is 10.1. The van der Waals surface area contributed by atoms with Gasteiger partial charge in [0.25, 0.3) is 0 Å². The molecule has 0 aromatic heterocycles. The summed E-state index contributed by atoms with van der Waals surface area (Å²) in [5.74, 6) is -0.735. The Morgan fingerprint density at radius 1 is 0.882 bits per heavy atom. The van der Waals surface area contributed by atoms with Crippen LogP contribution in [0.4, 0.5) is 4.39 Å². The Hall–Kier alpha value is -0.600. The van der Waals surface area contributed by atoms with Crippen molar-refractivity contribution >= 4 is 5.97 Å². The van der Waals surface area contributed by atoms with Gasteiger partial charge in [0.05, 0.1) is 6.61 Å². The number of ether oxygens (including phenoxy) is 1. The van der Waals surface area contributed by atoms with Gasteiger partial charge in [-0.3, -0.25) is 0 Å². The summed E-state index contributed by atoms with van der Waals surface area (Å²) in [6, 6.07) is 0. The average Bonchev–Trinajstić information content (AvgIpc) is 2.35. The lowest BCUT2D eigenvalue weighted by Gasteiger charge is -2.03. The highest BCUT2D eigenvalue weighted by Gasteiger charge is 1.99. The number of alkyl halides is 1. The Bertz CT molecular complexity index is 172. The highest BCUT2D eigenvalue weighted by molar-refractivity contribution is 5.70. The minimum Gasteiger partial charge on any atom is -0.464 e. The Kier molecular flexibility index (Phi) is 13.0. The maximum Gasteiger partial charge on any atom is 0.337 e. The predicted octanol–water partition coefficient (Wildman–Crippen LogP) is 4.42. The van der Waals surface area contributed by atoms with E-state index in [-0.39, 0.29) is 0 Å². The maximum atomic E-state index is 11.7. The molecule has 0 aliphatic heterocycles. The van der Waals surface area contributed by atoms with Gasteiger partial charge >= 0.3 is 5.97 Å². The number of halogens is 1. The van der Waals surface area contributed by atoms with Crippen LogP contribution in [0.5, 0.6) is 0 Å². The molecule has 0 heterocycles. The zero-order chi connectivity index (χ0) is 12.8. The van der Waals surface area contributed by atoms with Gasteiger partial charge in [-0.25, -0.2) is 9.18 Å². The summed E-state index contributed by atoms with van der Waals surface area (Å²) in [4.78, 5) is 10.5. The lowest BCUT2D eigenvalue weighted by Crippen LogP contribution is -2.07. The van der Waals surface area contributed by atoms with Crippen LogP contribution in [0, 0.1) is 0 Å². The molecule has 0 aromatic rings. The zero-order valence-corrected chi connectivity index (χ0v) is 11.2. The van der Waals surface area contributed by atoms with Gasteiger partial charge in [0.2, 0.25) is 0 Å². The molecule has 0 bridgehead atoms. The number of unbranched alkanes of at least 4 members (excludes halogenated alkanes) is 9. The quantitative estimate of drug-likeness (QED) is 0.376. The van der Waals surface area contributed by atoms with Crippen molar-refractivity contribution in [1.29, 1.82) is 0 Å².